The summed E-state index contributed by atoms with van der Waals surface area (Å²) < 4.78 is 10.6. The molecule has 34 heavy (non-hydrogen) atoms. The van der Waals surface area contributed by atoms with Crippen molar-refractivity contribution in [3.63, 3.8) is 0 Å². The summed E-state index contributed by atoms with van der Waals surface area (Å²) in [7, 11) is 0. The lowest BCUT2D eigenvalue weighted by atomic mass is 10.1. The molecular weight excluding hydrogens is 456 g/mol. The number of nitrogens with zero attached hydrogens (tertiary/aromatic N) is 4. The summed E-state index contributed by atoms with van der Waals surface area (Å²) in [6.45, 7) is 4.49. The van der Waals surface area contributed by atoms with Crippen LogP contribution in [0.1, 0.15) is 31.4 Å². The van der Waals surface area contributed by atoms with Crippen LogP contribution < -0.4 is 16.0 Å². The maximum Gasteiger partial charge on any atom is 0.332 e. The third-order valence-corrected chi connectivity index (χ3v) is 6.00. The highest BCUT2D eigenvalue weighted by Gasteiger charge is 2.23. The van der Waals surface area contributed by atoms with Crippen LogP contribution in [0.2, 0.25) is 5.02 Å². The minimum atomic E-state index is -0.460. The Kier molecular flexibility index (Phi) is 7.19. The molecule has 4 aromatic rings. The number of imidazole rings is 1. The van der Waals surface area contributed by atoms with Gasteiger partial charge in [-0.25, -0.2) is 4.79 Å². The summed E-state index contributed by atoms with van der Waals surface area (Å²) in [5.74, 6) is 0.642. The molecule has 0 saturated carbocycles. The van der Waals surface area contributed by atoms with Gasteiger partial charge >= 0.3 is 11.7 Å². The first-order chi connectivity index (χ1) is 16.5. The van der Waals surface area contributed by atoms with Gasteiger partial charge in [-0.3, -0.25) is 18.5 Å². The van der Waals surface area contributed by atoms with Crippen molar-refractivity contribution in [2.75, 3.05) is 6.61 Å². The largest absolute Gasteiger partial charge is 0.425 e. The molecule has 178 valence electrons. The Labute approximate surface area is 201 Å². The summed E-state index contributed by atoms with van der Waals surface area (Å²) in [5.41, 5.74) is 1.53. The van der Waals surface area contributed by atoms with Gasteiger partial charge < -0.3 is 9.84 Å². The minimum absolute atomic E-state index is 0.116. The van der Waals surface area contributed by atoms with Crippen molar-refractivity contribution in [1.82, 2.24) is 18.7 Å². The van der Waals surface area contributed by atoms with Crippen molar-refractivity contribution >= 4 is 22.8 Å². The topological polar surface area (TPSA) is 91.3 Å². The standard InChI is InChI=1S/C25H27ClN4O4/c1-3-18-8-5-6-9-20(18)34-24-27-22-21(30(24)16-17-10-12-19(26)13-11-17)23(32)29(14-7-15-31)25(33)28(22)4-2/h5-6,8-13,31H,3-4,7,14-16H2,1-2H3. The summed E-state index contributed by atoms with van der Waals surface area (Å²) >= 11 is 6.06. The van der Waals surface area contributed by atoms with Gasteiger partial charge in [-0.15, -0.1) is 0 Å². The number of aliphatic hydroxyl groups is 1. The van der Waals surface area contributed by atoms with Gasteiger partial charge in [0.25, 0.3) is 5.56 Å². The number of halogens is 1. The van der Waals surface area contributed by atoms with E-state index in [1.165, 1.54) is 4.57 Å². The van der Waals surface area contributed by atoms with E-state index in [0.29, 0.717) is 30.3 Å². The van der Waals surface area contributed by atoms with Gasteiger partial charge in [0.15, 0.2) is 11.2 Å². The van der Waals surface area contributed by atoms with Crippen molar-refractivity contribution in [1.29, 1.82) is 0 Å². The second-order valence-corrected chi connectivity index (χ2v) is 8.34. The van der Waals surface area contributed by atoms with E-state index in [-0.39, 0.29) is 30.3 Å². The van der Waals surface area contributed by atoms with Crippen molar-refractivity contribution in [3.05, 3.63) is 85.5 Å². The van der Waals surface area contributed by atoms with Gasteiger partial charge in [0.1, 0.15) is 5.75 Å². The molecule has 2 aromatic carbocycles. The molecule has 0 atom stereocenters. The van der Waals surface area contributed by atoms with Gasteiger partial charge in [-0.2, -0.15) is 4.98 Å². The summed E-state index contributed by atoms with van der Waals surface area (Å²) in [6.07, 6.45) is 1.06. The number of rotatable bonds is 9. The van der Waals surface area contributed by atoms with Crippen LogP contribution in [0.4, 0.5) is 0 Å². The lowest BCUT2D eigenvalue weighted by Crippen LogP contribution is -2.40. The third kappa shape index (κ3) is 4.51. The van der Waals surface area contributed by atoms with E-state index in [4.69, 9.17) is 16.3 Å². The monoisotopic (exact) mass is 482 g/mol. The van der Waals surface area contributed by atoms with Crippen molar-refractivity contribution < 1.29 is 9.84 Å². The van der Waals surface area contributed by atoms with Crippen molar-refractivity contribution in [2.45, 2.75) is 46.3 Å². The number of hydrogen-bond acceptors (Lipinski definition) is 5. The predicted molar refractivity (Wildman–Crippen MR) is 132 cm³/mol. The van der Waals surface area contributed by atoms with E-state index in [9.17, 15) is 14.7 Å². The second kappa shape index (κ2) is 10.3. The Morgan fingerprint density at radius 2 is 1.74 bits per heavy atom. The lowest BCUT2D eigenvalue weighted by molar-refractivity contribution is 0.277. The molecule has 0 fully saturated rings. The number of fused-ring (bicyclic) bond motifs is 1. The smallest absolute Gasteiger partial charge is 0.332 e. The van der Waals surface area contributed by atoms with Gasteiger partial charge in [0, 0.05) is 24.7 Å². The summed E-state index contributed by atoms with van der Waals surface area (Å²) in [5, 5.41) is 9.88. The SMILES string of the molecule is CCc1ccccc1Oc1nc2c(c(=O)n(CCCO)c(=O)n2CC)n1Cc1ccc(Cl)cc1. The van der Waals surface area contributed by atoms with E-state index >= 15 is 0 Å². The Hall–Kier alpha value is -3.36. The van der Waals surface area contributed by atoms with E-state index < -0.39 is 11.2 Å². The Balaban J connectivity index is 1.97. The quantitative estimate of drug-likeness (QED) is 0.391. The average Bonchev–Trinajstić information content (AvgIpc) is 3.18. The van der Waals surface area contributed by atoms with E-state index in [1.807, 2.05) is 50.2 Å². The summed E-state index contributed by atoms with van der Waals surface area (Å²) in [6, 6.07) is 15.2. The fraction of sp³-hybridized carbons (Fsp3) is 0.320. The first-order valence-corrected chi connectivity index (χ1v) is 11.7. The molecule has 0 unspecified atom stereocenters. The first kappa shape index (κ1) is 23.8. The second-order valence-electron chi connectivity index (χ2n) is 7.90. The number of aryl methyl sites for hydroxylation is 2. The Morgan fingerprint density at radius 1 is 1.00 bits per heavy atom. The Morgan fingerprint density at radius 3 is 2.41 bits per heavy atom. The van der Waals surface area contributed by atoms with Crippen molar-refractivity contribution in [3.8, 4) is 11.8 Å². The Bertz CT molecular complexity index is 1420. The lowest BCUT2D eigenvalue weighted by Gasteiger charge is -2.13. The number of hydrogen-bond donors (Lipinski definition) is 1. The molecule has 0 aliphatic rings. The fourth-order valence-electron chi connectivity index (χ4n) is 3.97. The molecule has 8 nitrogen and oxygen atoms in total. The molecule has 1 N–H and O–H groups in total. The van der Waals surface area contributed by atoms with Crippen LogP contribution in [0.3, 0.4) is 0 Å². The van der Waals surface area contributed by atoms with Crippen LogP contribution in [0.5, 0.6) is 11.8 Å². The molecule has 4 rings (SSSR count). The number of aliphatic hydroxyl groups excluding tert-OH is 1. The number of para-hydroxylation sites is 1. The number of benzene rings is 2. The van der Waals surface area contributed by atoms with Crippen LogP contribution in [0.15, 0.2) is 58.1 Å². The molecule has 0 spiro atoms. The van der Waals surface area contributed by atoms with Crippen LogP contribution in [0, 0.1) is 0 Å². The highest BCUT2D eigenvalue weighted by atomic mass is 35.5. The third-order valence-electron chi connectivity index (χ3n) is 5.74. The van der Waals surface area contributed by atoms with E-state index in [1.54, 1.807) is 16.7 Å². The first-order valence-electron chi connectivity index (χ1n) is 11.3. The summed E-state index contributed by atoms with van der Waals surface area (Å²) in [4.78, 5) is 31.2. The maximum atomic E-state index is 13.5. The molecule has 0 aliphatic carbocycles. The van der Waals surface area contributed by atoms with Crippen LogP contribution in [0.25, 0.3) is 11.2 Å². The number of aromatic nitrogens is 4. The maximum absolute atomic E-state index is 13.5. The van der Waals surface area contributed by atoms with Crippen LogP contribution in [-0.2, 0) is 26.1 Å². The minimum Gasteiger partial charge on any atom is -0.425 e. The van der Waals surface area contributed by atoms with Gasteiger partial charge in [0.05, 0.1) is 6.54 Å². The fourth-order valence-corrected chi connectivity index (χ4v) is 4.10. The van der Waals surface area contributed by atoms with E-state index in [2.05, 4.69) is 4.98 Å². The zero-order valence-corrected chi connectivity index (χ0v) is 20.0. The zero-order chi connectivity index (χ0) is 24.2. The highest BCUT2D eigenvalue weighted by molar-refractivity contribution is 6.30. The van der Waals surface area contributed by atoms with E-state index in [0.717, 1.165) is 22.1 Å². The zero-order valence-electron chi connectivity index (χ0n) is 19.2. The molecule has 0 radical (unpaired) electrons. The predicted octanol–water partition coefficient (Wildman–Crippen LogP) is 3.82. The van der Waals surface area contributed by atoms with Gasteiger partial charge in [0.2, 0.25) is 0 Å². The molecule has 0 saturated heterocycles. The number of ether oxygens (including phenoxy) is 1. The highest BCUT2D eigenvalue weighted by Crippen LogP contribution is 2.28. The van der Waals surface area contributed by atoms with Gasteiger partial charge in [-0.05, 0) is 49.1 Å². The van der Waals surface area contributed by atoms with Gasteiger partial charge in [-0.1, -0.05) is 48.9 Å². The molecule has 0 amide bonds. The molecule has 9 heteroatoms. The molecule has 0 bridgehead atoms. The average molecular weight is 483 g/mol. The normalized spacial score (nSPS) is 11.3. The van der Waals surface area contributed by atoms with Crippen LogP contribution in [-0.4, -0.2) is 30.4 Å². The molecule has 2 heterocycles. The van der Waals surface area contributed by atoms with Crippen molar-refractivity contribution in [2.24, 2.45) is 0 Å². The molecular formula is C25H27ClN4O4. The molecule has 2 aromatic heterocycles. The van der Waals surface area contributed by atoms with Crippen LogP contribution >= 0.6 is 11.6 Å². The molecule has 0 aliphatic heterocycles.